The van der Waals surface area contributed by atoms with Crippen LogP contribution in [-0.2, 0) is 0 Å². The van der Waals surface area contributed by atoms with Gasteiger partial charge >= 0.3 is 0 Å². The van der Waals surface area contributed by atoms with Gasteiger partial charge < -0.3 is 11.1 Å². The Hall–Kier alpha value is -1.91. The zero-order chi connectivity index (χ0) is 9.26. The fourth-order valence-corrected chi connectivity index (χ4v) is 1.04. The van der Waals surface area contributed by atoms with E-state index >= 15 is 0 Å². The third-order valence-corrected chi connectivity index (χ3v) is 1.69. The first kappa shape index (κ1) is 7.72. The molecule has 0 aliphatic heterocycles. The molecule has 2 heterocycles. The van der Waals surface area contributed by atoms with Gasteiger partial charge in [-0.05, 0) is 12.1 Å². The van der Waals surface area contributed by atoms with Gasteiger partial charge in [-0.25, -0.2) is 9.97 Å². The van der Waals surface area contributed by atoms with Gasteiger partial charge in [0, 0.05) is 18.6 Å². The van der Waals surface area contributed by atoms with Gasteiger partial charge in [-0.1, -0.05) is 0 Å². The summed E-state index contributed by atoms with van der Waals surface area (Å²) in [6.45, 7) is 0. The van der Waals surface area contributed by atoms with E-state index in [0.29, 0.717) is 17.4 Å². The Morgan fingerprint density at radius 3 is 2.92 bits per heavy atom. The summed E-state index contributed by atoms with van der Waals surface area (Å²) in [5.74, 6) is 1.01. The zero-order valence-corrected chi connectivity index (χ0v) is 7.15. The summed E-state index contributed by atoms with van der Waals surface area (Å²) in [6, 6.07) is 3.57. The van der Waals surface area contributed by atoms with Crippen molar-refractivity contribution in [2.75, 3.05) is 18.1 Å². The largest absolute Gasteiger partial charge is 0.384 e. The molecule has 0 radical (unpaired) electrons. The number of anilines is 2. The highest BCUT2D eigenvalue weighted by Crippen LogP contribution is 2.11. The highest BCUT2D eigenvalue weighted by Gasteiger charge is 1.98. The number of nitrogens with zero attached hydrogens (tertiary/aromatic N) is 3. The normalized spacial score (nSPS) is 10.2. The molecule has 0 saturated carbocycles. The minimum Gasteiger partial charge on any atom is -0.384 e. The van der Waals surface area contributed by atoms with Crippen LogP contribution in [0, 0.1) is 0 Å². The number of nitrogens with two attached hydrogens (primary N) is 1. The quantitative estimate of drug-likeness (QED) is 0.665. The molecule has 0 bridgehead atoms. The van der Waals surface area contributed by atoms with Crippen molar-refractivity contribution >= 4 is 22.8 Å². The molecule has 2 rings (SSSR count). The van der Waals surface area contributed by atoms with Crippen molar-refractivity contribution in [1.82, 2.24) is 15.0 Å². The summed E-state index contributed by atoms with van der Waals surface area (Å²) < 4.78 is 0. The lowest BCUT2D eigenvalue weighted by Gasteiger charge is -2.00. The van der Waals surface area contributed by atoms with Crippen molar-refractivity contribution in [3.05, 3.63) is 18.3 Å². The SMILES string of the molecule is CNc1ncc2ccc(N)nc2n1. The van der Waals surface area contributed by atoms with E-state index in [9.17, 15) is 0 Å². The van der Waals surface area contributed by atoms with Crippen LogP contribution in [0.25, 0.3) is 11.0 Å². The van der Waals surface area contributed by atoms with Crippen molar-refractivity contribution in [3.63, 3.8) is 0 Å². The van der Waals surface area contributed by atoms with Crippen molar-refractivity contribution in [2.24, 2.45) is 0 Å². The van der Waals surface area contributed by atoms with Crippen LogP contribution in [-0.4, -0.2) is 22.0 Å². The van der Waals surface area contributed by atoms with Gasteiger partial charge in [0.2, 0.25) is 5.95 Å². The Bertz CT molecular complexity index is 439. The zero-order valence-electron chi connectivity index (χ0n) is 7.15. The van der Waals surface area contributed by atoms with Gasteiger partial charge in [0.25, 0.3) is 0 Å². The summed E-state index contributed by atoms with van der Waals surface area (Å²) in [5.41, 5.74) is 6.13. The number of aromatic nitrogens is 3. The van der Waals surface area contributed by atoms with Gasteiger partial charge in [-0.15, -0.1) is 0 Å². The van der Waals surface area contributed by atoms with Crippen molar-refractivity contribution in [3.8, 4) is 0 Å². The van der Waals surface area contributed by atoms with E-state index in [0.717, 1.165) is 5.39 Å². The number of hydrogen-bond donors (Lipinski definition) is 2. The summed E-state index contributed by atoms with van der Waals surface area (Å²) in [6.07, 6.45) is 1.71. The smallest absolute Gasteiger partial charge is 0.224 e. The molecule has 0 aliphatic rings. The summed E-state index contributed by atoms with van der Waals surface area (Å²) >= 11 is 0. The van der Waals surface area contributed by atoms with E-state index in [1.807, 2.05) is 6.07 Å². The van der Waals surface area contributed by atoms with Crippen LogP contribution in [0.2, 0.25) is 0 Å². The molecule has 66 valence electrons. The van der Waals surface area contributed by atoms with Crippen LogP contribution in [0.5, 0.6) is 0 Å². The van der Waals surface area contributed by atoms with Crippen molar-refractivity contribution in [1.29, 1.82) is 0 Å². The van der Waals surface area contributed by atoms with E-state index in [2.05, 4.69) is 20.3 Å². The molecule has 0 saturated heterocycles. The first-order valence-electron chi connectivity index (χ1n) is 3.86. The number of pyridine rings is 1. The monoisotopic (exact) mass is 175 g/mol. The molecule has 0 spiro atoms. The second-order valence-corrected chi connectivity index (χ2v) is 2.59. The summed E-state index contributed by atoms with van der Waals surface area (Å²) in [4.78, 5) is 12.3. The number of fused-ring (bicyclic) bond motifs is 1. The van der Waals surface area contributed by atoms with Crippen molar-refractivity contribution in [2.45, 2.75) is 0 Å². The molecule has 2 aromatic rings. The minimum absolute atomic E-state index is 0.466. The molecule has 0 fully saturated rings. The lowest BCUT2D eigenvalue weighted by atomic mass is 10.3. The first-order chi connectivity index (χ1) is 6.29. The maximum Gasteiger partial charge on any atom is 0.224 e. The standard InChI is InChI=1S/C8H9N5/c1-10-8-11-4-5-2-3-6(9)12-7(5)13-8/h2-4H,1H3,(H3,9,10,11,12,13). The Kier molecular flexibility index (Phi) is 1.70. The average molecular weight is 175 g/mol. The Morgan fingerprint density at radius 2 is 2.15 bits per heavy atom. The number of rotatable bonds is 1. The topological polar surface area (TPSA) is 76.7 Å². The minimum atomic E-state index is 0.466. The van der Waals surface area contributed by atoms with E-state index in [1.54, 1.807) is 19.3 Å². The highest BCUT2D eigenvalue weighted by atomic mass is 15.1. The molecule has 0 atom stereocenters. The predicted molar refractivity (Wildman–Crippen MR) is 51.3 cm³/mol. The third-order valence-electron chi connectivity index (χ3n) is 1.69. The summed E-state index contributed by atoms with van der Waals surface area (Å²) in [7, 11) is 1.76. The van der Waals surface area contributed by atoms with Crippen LogP contribution in [0.15, 0.2) is 18.3 Å². The molecule has 0 aliphatic carbocycles. The molecule has 0 aromatic carbocycles. The molecule has 13 heavy (non-hydrogen) atoms. The predicted octanol–water partition coefficient (Wildman–Crippen LogP) is 0.649. The molecule has 0 unspecified atom stereocenters. The summed E-state index contributed by atoms with van der Waals surface area (Å²) in [5, 5.41) is 3.72. The lowest BCUT2D eigenvalue weighted by molar-refractivity contribution is 1.17. The second kappa shape index (κ2) is 2.85. The molecular formula is C8H9N5. The molecular weight excluding hydrogens is 166 g/mol. The van der Waals surface area contributed by atoms with Gasteiger partial charge in [-0.2, -0.15) is 4.98 Å². The van der Waals surface area contributed by atoms with Crippen LogP contribution >= 0.6 is 0 Å². The van der Waals surface area contributed by atoms with Crippen LogP contribution < -0.4 is 11.1 Å². The van der Waals surface area contributed by atoms with Gasteiger partial charge in [-0.3, -0.25) is 0 Å². The molecule has 5 nitrogen and oxygen atoms in total. The lowest BCUT2D eigenvalue weighted by Crippen LogP contribution is -1.98. The number of nitrogens with one attached hydrogen (secondary N) is 1. The van der Waals surface area contributed by atoms with Crippen LogP contribution in [0.1, 0.15) is 0 Å². The second-order valence-electron chi connectivity index (χ2n) is 2.59. The Labute approximate surface area is 75.0 Å². The molecule has 0 amide bonds. The first-order valence-corrected chi connectivity index (χ1v) is 3.86. The fraction of sp³-hybridized carbons (Fsp3) is 0.125. The highest BCUT2D eigenvalue weighted by molar-refractivity contribution is 5.76. The van der Waals surface area contributed by atoms with Gasteiger partial charge in [0.05, 0.1) is 0 Å². The maximum absolute atomic E-state index is 5.52. The number of hydrogen-bond acceptors (Lipinski definition) is 5. The average Bonchev–Trinajstić information content (AvgIpc) is 2.16. The van der Waals surface area contributed by atoms with Gasteiger partial charge in [0.15, 0.2) is 5.65 Å². The van der Waals surface area contributed by atoms with E-state index < -0.39 is 0 Å². The molecule has 5 heteroatoms. The van der Waals surface area contributed by atoms with E-state index in [1.165, 1.54) is 0 Å². The number of nitrogen functional groups attached to an aromatic ring is 1. The Morgan fingerprint density at radius 1 is 1.31 bits per heavy atom. The van der Waals surface area contributed by atoms with Crippen LogP contribution in [0.4, 0.5) is 11.8 Å². The molecule has 3 N–H and O–H groups in total. The van der Waals surface area contributed by atoms with Crippen molar-refractivity contribution < 1.29 is 0 Å². The molecule has 2 aromatic heterocycles. The van der Waals surface area contributed by atoms with E-state index in [4.69, 9.17) is 5.73 Å². The third kappa shape index (κ3) is 1.35. The maximum atomic E-state index is 5.52. The van der Waals surface area contributed by atoms with Gasteiger partial charge in [0.1, 0.15) is 5.82 Å². The Balaban J connectivity index is 2.68. The van der Waals surface area contributed by atoms with E-state index in [-0.39, 0.29) is 0 Å². The van der Waals surface area contributed by atoms with Crippen LogP contribution in [0.3, 0.4) is 0 Å². The fourth-order valence-electron chi connectivity index (χ4n) is 1.04.